The molecule has 0 bridgehead atoms. The summed E-state index contributed by atoms with van der Waals surface area (Å²) in [4.78, 5) is 2.16. The number of para-hydroxylation sites is 2. The maximum atomic E-state index is 14.5. The molecule has 1 aromatic heterocycles. The van der Waals surface area contributed by atoms with E-state index in [0.717, 1.165) is 29.9 Å². The summed E-state index contributed by atoms with van der Waals surface area (Å²) >= 11 is 0. The fourth-order valence-electron chi connectivity index (χ4n) is 3.67. The van der Waals surface area contributed by atoms with E-state index >= 15 is 0 Å². The summed E-state index contributed by atoms with van der Waals surface area (Å²) in [7, 11) is 0. The third-order valence-electron chi connectivity index (χ3n) is 5.28. The van der Waals surface area contributed by atoms with Gasteiger partial charge in [-0.1, -0.05) is 37.3 Å². The number of halogens is 1. The standard InChI is InChI=1S/C27H36FN3O3/c1-6-16-30(17-22(32)19-33-27(3,4)5)18-23-20(2)29-31(21-12-8-7-9-13-21)26(23)34-25-15-11-10-14-24(25)28/h7-15,22,32H,6,16-19H2,1-5H3/t22-/m0/s1. The SMILES string of the molecule is CCCN(Cc1c(C)nn(-c2ccccc2)c1Oc1ccccc1F)C[C@H](O)COC(C)(C)C. The van der Waals surface area contributed by atoms with Crippen molar-refractivity contribution in [3.8, 4) is 17.3 Å². The molecule has 3 rings (SSSR count). The van der Waals surface area contributed by atoms with E-state index in [2.05, 4.69) is 11.8 Å². The Bertz CT molecular complexity index is 1050. The van der Waals surface area contributed by atoms with Crippen LogP contribution in [-0.2, 0) is 11.3 Å². The number of aliphatic hydroxyl groups excluding tert-OH is 1. The van der Waals surface area contributed by atoms with Gasteiger partial charge >= 0.3 is 0 Å². The topological polar surface area (TPSA) is 59.8 Å². The third kappa shape index (κ3) is 7.13. The molecular formula is C27H36FN3O3. The lowest BCUT2D eigenvalue weighted by Gasteiger charge is -2.27. The van der Waals surface area contributed by atoms with Gasteiger partial charge < -0.3 is 14.6 Å². The fourth-order valence-corrected chi connectivity index (χ4v) is 3.67. The summed E-state index contributed by atoms with van der Waals surface area (Å²) in [6.45, 7) is 11.9. The Labute approximate surface area is 201 Å². The molecule has 7 heteroatoms. The van der Waals surface area contributed by atoms with Crippen LogP contribution in [0.25, 0.3) is 5.69 Å². The molecule has 0 radical (unpaired) electrons. The molecule has 34 heavy (non-hydrogen) atoms. The summed E-state index contributed by atoms with van der Waals surface area (Å²) < 4.78 is 28.1. The van der Waals surface area contributed by atoms with Crippen LogP contribution >= 0.6 is 0 Å². The second-order valence-electron chi connectivity index (χ2n) is 9.46. The zero-order valence-electron chi connectivity index (χ0n) is 20.8. The zero-order chi connectivity index (χ0) is 24.7. The molecule has 2 aromatic carbocycles. The number of nitrogens with zero attached hydrogens (tertiary/aromatic N) is 3. The van der Waals surface area contributed by atoms with E-state index in [9.17, 15) is 9.50 Å². The minimum Gasteiger partial charge on any atom is -0.435 e. The van der Waals surface area contributed by atoms with Gasteiger partial charge in [-0.15, -0.1) is 0 Å². The van der Waals surface area contributed by atoms with Gasteiger partial charge in [-0.25, -0.2) is 9.07 Å². The summed E-state index contributed by atoms with van der Waals surface area (Å²) in [5.74, 6) is 0.170. The molecule has 0 aliphatic heterocycles. The molecule has 1 heterocycles. The Kier molecular flexibility index (Phi) is 8.83. The molecule has 0 fully saturated rings. The first-order valence-corrected chi connectivity index (χ1v) is 11.8. The molecule has 0 aliphatic carbocycles. The van der Waals surface area contributed by atoms with E-state index < -0.39 is 11.9 Å². The summed E-state index contributed by atoms with van der Waals surface area (Å²) in [6.07, 6.45) is 0.286. The Hall–Kier alpha value is -2.74. The molecular weight excluding hydrogens is 433 g/mol. The van der Waals surface area contributed by atoms with Gasteiger partial charge in [-0.3, -0.25) is 4.90 Å². The fraction of sp³-hybridized carbons (Fsp3) is 0.444. The van der Waals surface area contributed by atoms with Crippen LogP contribution in [0.3, 0.4) is 0 Å². The van der Waals surface area contributed by atoms with Gasteiger partial charge in [0.25, 0.3) is 0 Å². The molecule has 0 aliphatic rings. The average molecular weight is 470 g/mol. The molecule has 1 atom stereocenters. The van der Waals surface area contributed by atoms with Crippen LogP contribution in [0.5, 0.6) is 11.6 Å². The number of ether oxygens (including phenoxy) is 2. The van der Waals surface area contributed by atoms with Gasteiger partial charge in [0.1, 0.15) is 0 Å². The van der Waals surface area contributed by atoms with Crippen molar-refractivity contribution >= 4 is 0 Å². The maximum absolute atomic E-state index is 14.5. The number of hydrogen-bond acceptors (Lipinski definition) is 5. The highest BCUT2D eigenvalue weighted by atomic mass is 19.1. The van der Waals surface area contributed by atoms with Crippen molar-refractivity contribution in [2.45, 2.75) is 59.3 Å². The van der Waals surface area contributed by atoms with E-state index in [1.54, 1.807) is 22.9 Å². The predicted octanol–water partition coefficient (Wildman–Crippen LogP) is 5.50. The van der Waals surface area contributed by atoms with Crippen LogP contribution in [0.1, 0.15) is 45.4 Å². The lowest BCUT2D eigenvalue weighted by atomic mass is 10.2. The van der Waals surface area contributed by atoms with Crippen LogP contribution in [0.2, 0.25) is 0 Å². The smallest absolute Gasteiger partial charge is 0.227 e. The second-order valence-corrected chi connectivity index (χ2v) is 9.46. The van der Waals surface area contributed by atoms with Crippen LogP contribution in [-0.4, -0.2) is 51.2 Å². The van der Waals surface area contributed by atoms with Crippen molar-refractivity contribution in [2.75, 3.05) is 19.7 Å². The van der Waals surface area contributed by atoms with Gasteiger partial charge in [0, 0.05) is 13.1 Å². The van der Waals surface area contributed by atoms with E-state index in [0.29, 0.717) is 19.0 Å². The lowest BCUT2D eigenvalue weighted by molar-refractivity contribution is -0.0567. The molecule has 1 N–H and O–H groups in total. The van der Waals surface area contributed by atoms with Crippen molar-refractivity contribution in [1.82, 2.24) is 14.7 Å². The van der Waals surface area contributed by atoms with E-state index in [4.69, 9.17) is 14.6 Å². The molecule has 0 spiro atoms. The summed E-state index contributed by atoms with van der Waals surface area (Å²) in [6, 6.07) is 16.0. The van der Waals surface area contributed by atoms with Crippen LogP contribution < -0.4 is 4.74 Å². The molecule has 0 unspecified atom stereocenters. The number of aliphatic hydroxyl groups is 1. The zero-order valence-corrected chi connectivity index (χ0v) is 20.8. The van der Waals surface area contributed by atoms with Crippen LogP contribution in [0.4, 0.5) is 4.39 Å². The Morgan fingerprint density at radius 2 is 1.76 bits per heavy atom. The van der Waals surface area contributed by atoms with Crippen LogP contribution in [0.15, 0.2) is 54.6 Å². The van der Waals surface area contributed by atoms with Gasteiger partial charge in [0.15, 0.2) is 11.6 Å². The number of rotatable bonds is 11. The number of hydrogen-bond donors (Lipinski definition) is 1. The first kappa shape index (κ1) is 25.9. The monoisotopic (exact) mass is 469 g/mol. The Morgan fingerprint density at radius 1 is 1.09 bits per heavy atom. The second kappa shape index (κ2) is 11.6. The summed E-state index contributed by atoms with van der Waals surface area (Å²) in [5, 5.41) is 15.3. The highest BCUT2D eigenvalue weighted by Crippen LogP contribution is 2.32. The van der Waals surface area contributed by atoms with Crippen molar-refractivity contribution < 1.29 is 19.0 Å². The number of aromatic nitrogens is 2. The van der Waals surface area contributed by atoms with E-state index in [1.165, 1.54) is 6.07 Å². The minimum atomic E-state index is -0.633. The van der Waals surface area contributed by atoms with Crippen molar-refractivity contribution in [3.63, 3.8) is 0 Å². The first-order chi connectivity index (χ1) is 16.2. The molecule has 0 amide bonds. The van der Waals surface area contributed by atoms with Crippen LogP contribution in [0, 0.1) is 12.7 Å². The quantitative estimate of drug-likeness (QED) is 0.402. The van der Waals surface area contributed by atoms with Gasteiger partial charge in [-0.05, 0) is 64.9 Å². The van der Waals surface area contributed by atoms with Crippen molar-refractivity contribution in [3.05, 3.63) is 71.7 Å². The normalized spacial score (nSPS) is 12.8. The average Bonchev–Trinajstić information content (AvgIpc) is 3.09. The Morgan fingerprint density at radius 3 is 2.41 bits per heavy atom. The first-order valence-electron chi connectivity index (χ1n) is 11.8. The van der Waals surface area contributed by atoms with E-state index in [1.807, 2.05) is 58.0 Å². The number of aryl methyl sites for hydroxylation is 1. The largest absolute Gasteiger partial charge is 0.435 e. The lowest BCUT2D eigenvalue weighted by Crippen LogP contribution is -2.37. The van der Waals surface area contributed by atoms with Gasteiger partial charge in [-0.2, -0.15) is 5.10 Å². The third-order valence-corrected chi connectivity index (χ3v) is 5.28. The Balaban J connectivity index is 1.92. The number of benzene rings is 2. The highest BCUT2D eigenvalue weighted by Gasteiger charge is 2.23. The molecule has 184 valence electrons. The molecule has 6 nitrogen and oxygen atoms in total. The minimum absolute atomic E-state index is 0.140. The van der Waals surface area contributed by atoms with Gasteiger partial charge in [0.05, 0.1) is 35.3 Å². The molecule has 3 aromatic rings. The summed E-state index contributed by atoms with van der Waals surface area (Å²) in [5.41, 5.74) is 2.15. The van der Waals surface area contributed by atoms with Gasteiger partial charge in [0.2, 0.25) is 5.88 Å². The molecule has 0 saturated carbocycles. The van der Waals surface area contributed by atoms with Crippen molar-refractivity contribution in [2.24, 2.45) is 0 Å². The van der Waals surface area contributed by atoms with Crippen molar-refractivity contribution in [1.29, 1.82) is 0 Å². The molecule has 0 saturated heterocycles. The maximum Gasteiger partial charge on any atom is 0.227 e. The predicted molar refractivity (Wildman–Crippen MR) is 132 cm³/mol. The van der Waals surface area contributed by atoms with E-state index in [-0.39, 0.29) is 18.0 Å². The highest BCUT2D eigenvalue weighted by molar-refractivity contribution is 5.43.